The first-order chi connectivity index (χ1) is 16.1. The zero-order valence-corrected chi connectivity index (χ0v) is 18.6. The van der Waals surface area contributed by atoms with E-state index in [0.29, 0.717) is 23.0 Å². The molecule has 0 aliphatic carbocycles. The average Bonchev–Trinajstić information content (AvgIpc) is 3.61. The highest BCUT2D eigenvalue weighted by atomic mass is 32.1. The van der Waals surface area contributed by atoms with E-state index in [0.717, 1.165) is 22.8 Å². The Balaban J connectivity index is 1.49. The van der Waals surface area contributed by atoms with Crippen molar-refractivity contribution in [2.45, 2.75) is 18.6 Å². The van der Waals surface area contributed by atoms with Gasteiger partial charge in [0, 0.05) is 11.8 Å². The number of hydrogen-bond donors (Lipinski definition) is 1. The zero-order chi connectivity index (χ0) is 22.8. The molecule has 1 N–H and O–H groups in total. The fraction of sp³-hybridized carbons (Fsp3) is 0.160. The quantitative estimate of drug-likeness (QED) is 0.322. The van der Waals surface area contributed by atoms with E-state index in [-0.39, 0.29) is 18.1 Å². The molecule has 3 aromatic heterocycles. The van der Waals surface area contributed by atoms with E-state index in [1.807, 2.05) is 54.6 Å². The molecule has 0 bridgehead atoms. The molecule has 1 aliphatic heterocycles. The molecule has 1 saturated heterocycles. The van der Waals surface area contributed by atoms with Gasteiger partial charge < -0.3 is 23.8 Å². The van der Waals surface area contributed by atoms with Crippen LogP contribution in [0.4, 0.5) is 0 Å². The van der Waals surface area contributed by atoms with Gasteiger partial charge in [-0.2, -0.15) is 0 Å². The molecule has 166 valence electrons. The number of carbonyl (C=O) groups excluding carboxylic acids is 1. The minimum atomic E-state index is -0.376. The maximum atomic E-state index is 11.7. The molecule has 7 nitrogen and oxygen atoms in total. The summed E-state index contributed by atoms with van der Waals surface area (Å²) in [5.41, 5.74) is 2.21. The summed E-state index contributed by atoms with van der Waals surface area (Å²) in [4.78, 5) is 18.3. The van der Waals surface area contributed by atoms with Crippen molar-refractivity contribution in [2.75, 3.05) is 7.11 Å². The Labute approximate surface area is 196 Å². The van der Waals surface area contributed by atoms with Gasteiger partial charge in [-0.1, -0.05) is 18.2 Å². The van der Waals surface area contributed by atoms with Gasteiger partial charge in [-0.3, -0.25) is 4.98 Å². The Morgan fingerprint density at radius 3 is 2.67 bits per heavy atom. The predicted molar refractivity (Wildman–Crippen MR) is 125 cm³/mol. The van der Waals surface area contributed by atoms with Crippen molar-refractivity contribution in [3.63, 3.8) is 0 Å². The molecule has 4 heterocycles. The van der Waals surface area contributed by atoms with E-state index in [1.54, 1.807) is 24.6 Å². The molecule has 2 atom stereocenters. The highest BCUT2D eigenvalue weighted by molar-refractivity contribution is 7.80. The lowest BCUT2D eigenvalue weighted by molar-refractivity contribution is 0.0600. The van der Waals surface area contributed by atoms with E-state index in [9.17, 15) is 4.79 Å². The summed E-state index contributed by atoms with van der Waals surface area (Å²) in [7, 11) is 1.36. The Bertz CT molecular complexity index is 1250. The first-order valence-corrected chi connectivity index (χ1v) is 10.8. The number of pyridine rings is 1. The second-order valence-electron chi connectivity index (χ2n) is 7.60. The third kappa shape index (κ3) is 4.12. The highest BCUT2D eigenvalue weighted by Gasteiger charge is 2.42. The maximum Gasteiger partial charge on any atom is 0.337 e. The SMILES string of the molecule is COC(=O)c1ccc(-c2ccc([C@H]3[C@@H](c4ccccn4)NC(=S)N3Cc3ccco3)o2)cc1. The van der Waals surface area contributed by atoms with Crippen molar-refractivity contribution in [3.05, 3.63) is 102 Å². The number of benzene rings is 1. The largest absolute Gasteiger partial charge is 0.467 e. The molecular weight excluding hydrogens is 438 g/mol. The number of hydrogen-bond acceptors (Lipinski definition) is 6. The van der Waals surface area contributed by atoms with Crippen LogP contribution in [0.25, 0.3) is 11.3 Å². The maximum absolute atomic E-state index is 11.7. The van der Waals surface area contributed by atoms with Crippen LogP contribution in [0.3, 0.4) is 0 Å². The second kappa shape index (κ2) is 8.91. The van der Waals surface area contributed by atoms with E-state index in [4.69, 9.17) is 25.8 Å². The van der Waals surface area contributed by atoms with Gasteiger partial charge in [-0.25, -0.2) is 4.79 Å². The van der Waals surface area contributed by atoms with Crippen LogP contribution in [-0.2, 0) is 11.3 Å². The number of thiocarbonyl (C=S) groups is 1. The van der Waals surface area contributed by atoms with Crippen LogP contribution in [0.15, 0.2) is 88.0 Å². The van der Waals surface area contributed by atoms with Gasteiger partial charge in [0.15, 0.2) is 5.11 Å². The van der Waals surface area contributed by atoms with Gasteiger partial charge in [0.1, 0.15) is 23.3 Å². The molecule has 1 fully saturated rings. The summed E-state index contributed by atoms with van der Waals surface area (Å²) in [6.45, 7) is 0.497. The molecule has 1 aromatic carbocycles. The topological polar surface area (TPSA) is 80.7 Å². The van der Waals surface area contributed by atoms with Gasteiger partial charge in [0.25, 0.3) is 0 Å². The van der Waals surface area contributed by atoms with Crippen molar-refractivity contribution in [1.29, 1.82) is 0 Å². The third-order valence-corrected chi connectivity index (χ3v) is 5.97. The van der Waals surface area contributed by atoms with Gasteiger partial charge >= 0.3 is 5.97 Å². The standard InChI is InChI=1S/C25H21N3O4S/c1-30-24(29)17-9-7-16(8-10-17)20-11-12-21(32-20)23-22(19-6-2-3-13-26-19)27-25(33)28(23)15-18-5-4-14-31-18/h2-14,22-23H,15H2,1H3,(H,27,33)/t22-,23+/m1/s1. The van der Waals surface area contributed by atoms with E-state index in [1.165, 1.54) is 7.11 Å². The van der Waals surface area contributed by atoms with Gasteiger partial charge in [0.2, 0.25) is 0 Å². The molecule has 0 spiro atoms. The Morgan fingerprint density at radius 1 is 1.12 bits per heavy atom. The molecule has 1 aliphatic rings. The average molecular weight is 460 g/mol. The normalized spacial score (nSPS) is 17.7. The van der Waals surface area contributed by atoms with Gasteiger partial charge in [-0.05, 0) is 60.7 Å². The summed E-state index contributed by atoms with van der Waals surface area (Å²) in [5, 5.41) is 4.00. The number of esters is 1. The molecule has 4 aromatic rings. The smallest absolute Gasteiger partial charge is 0.337 e. The summed E-state index contributed by atoms with van der Waals surface area (Å²) in [6.07, 6.45) is 3.42. The Kier molecular flexibility index (Phi) is 5.66. The third-order valence-electron chi connectivity index (χ3n) is 5.61. The van der Waals surface area contributed by atoms with Crippen LogP contribution in [0.5, 0.6) is 0 Å². The minimum absolute atomic E-state index is 0.186. The van der Waals surface area contributed by atoms with E-state index < -0.39 is 0 Å². The van der Waals surface area contributed by atoms with Crippen molar-refractivity contribution in [1.82, 2.24) is 15.2 Å². The molecule has 33 heavy (non-hydrogen) atoms. The summed E-state index contributed by atoms with van der Waals surface area (Å²) in [5.74, 6) is 1.86. The molecule has 0 unspecified atom stereocenters. The first kappa shape index (κ1) is 21.0. The van der Waals surface area contributed by atoms with Crippen LogP contribution < -0.4 is 5.32 Å². The Morgan fingerprint density at radius 2 is 1.97 bits per heavy atom. The number of ether oxygens (including phenoxy) is 1. The monoisotopic (exact) mass is 459 g/mol. The lowest BCUT2D eigenvalue weighted by Crippen LogP contribution is -2.28. The van der Waals surface area contributed by atoms with Crippen molar-refractivity contribution in [2.24, 2.45) is 0 Å². The number of furan rings is 2. The van der Waals surface area contributed by atoms with Crippen LogP contribution in [0.2, 0.25) is 0 Å². The summed E-state index contributed by atoms with van der Waals surface area (Å²) < 4.78 is 16.7. The van der Waals surface area contributed by atoms with E-state index in [2.05, 4.69) is 15.2 Å². The number of methoxy groups -OCH3 is 1. The fourth-order valence-electron chi connectivity index (χ4n) is 4.01. The molecule has 8 heteroatoms. The zero-order valence-electron chi connectivity index (χ0n) is 17.8. The predicted octanol–water partition coefficient (Wildman–Crippen LogP) is 4.89. The molecule has 0 radical (unpaired) electrons. The van der Waals surface area contributed by atoms with Gasteiger partial charge in [-0.15, -0.1) is 0 Å². The summed E-state index contributed by atoms with van der Waals surface area (Å²) in [6, 6.07) is 20.2. The lowest BCUT2D eigenvalue weighted by atomic mass is 10.0. The van der Waals surface area contributed by atoms with Crippen molar-refractivity contribution >= 4 is 23.3 Å². The molecule has 0 amide bonds. The number of rotatable bonds is 6. The highest BCUT2D eigenvalue weighted by Crippen LogP contribution is 2.41. The van der Waals surface area contributed by atoms with Crippen LogP contribution in [0, 0.1) is 0 Å². The summed E-state index contributed by atoms with van der Waals surface area (Å²) >= 11 is 5.68. The minimum Gasteiger partial charge on any atom is -0.467 e. The molecule has 5 rings (SSSR count). The molecular formula is C25H21N3O4S. The van der Waals surface area contributed by atoms with Crippen LogP contribution in [-0.4, -0.2) is 28.1 Å². The lowest BCUT2D eigenvalue weighted by Gasteiger charge is -2.25. The van der Waals surface area contributed by atoms with E-state index >= 15 is 0 Å². The Hall–Kier alpha value is -3.91. The fourth-order valence-corrected chi connectivity index (χ4v) is 4.32. The van der Waals surface area contributed by atoms with Crippen molar-refractivity contribution in [3.8, 4) is 11.3 Å². The number of nitrogens with zero attached hydrogens (tertiary/aromatic N) is 2. The number of aromatic nitrogens is 1. The van der Waals surface area contributed by atoms with Gasteiger partial charge in [0.05, 0.1) is 37.2 Å². The number of nitrogens with one attached hydrogen (secondary N) is 1. The first-order valence-electron chi connectivity index (χ1n) is 10.4. The second-order valence-corrected chi connectivity index (χ2v) is 7.99. The number of carbonyl (C=O) groups is 1. The van der Waals surface area contributed by atoms with Crippen molar-refractivity contribution < 1.29 is 18.4 Å². The van der Waals surface area contributed by atoms with Crippen LogP contribution >= 0.6 is 12.2 Å². The van der Waals surface area contributed by atoms with Crippen LogP contribution in [0.1, 0.15) is 39.7 Å². The molecule has 0 saturated carbocycles.